The Hall–Kier alpha value is -1.35. The summed E-state index contributed by atoms with van der Waals surface area (Å²) >= 11 is 0. The Kier molecular flexibility index (Phi) is 6.64. The van der Waals surface area contributed by atoms with Crippen molar-refractivity contribution in [3.8, 4) is 0 Å². The average Bonchev–Trinajstić information content (AvgIpc) is 2.54. The molecule has 23 heavy (non-hydrogen) atoms. The van der Waals surface area contributed by atoms with Crippen LogP contribution in [-0.2, 0) is 4.79 Å². The molecule has 0 aliphatic heterocycles. The number of hydrogen-bond acceptors (Lipinski definition) is 2. The lowest BCUT2D eigenvalue weighted by atomic mass is 9.82. The van der Waals surface area contributed by atoms with E-state index in [1.807, 2.05) is 6.07 Å². The summed E-state index contributed by atoms with van der Waals surface area (Å²) in [4.78, 5) is 12.2. The van der Waals surface area contributed by atoms with E-state index in [-0.39, 0.29) is 17.4 Å². The van der Waals surface area contributed by atoms with Crippen molar-refractivity contribution in [1.29, 1.82) is 0 Å². The second-order valence-corrected chi connectivity index (χ2v) is 7.90. The predicted molar refractivity (Wildman–Crippen MR) is 96.2 cm³/mol. The molecule has 1 amide bonds. The van der Waals surface area contributed by atoms with E-state index >= 15 is 0 Å². The van der Waals surface area contributed by atoms with E-state index in [0.717, 1.165) is 6.54 Å². The first-order chi connectivity index (χ1) is 11.0. The minimum absolute atomic E-state index is 0.0605. The van der Waals surface area contributed by atoms with Crippen LogP contribution in [-0.4, -0.2) is 19.0 Å². The molecule has 1 aliphatic carbocycles. The van der Waals surface area contributed by atoms with Gasteiger partial charge in [0.1, 0.15) is 0 Å². The van der Waals surface area contributed by atoms with E-state index in [0.29, 0.717) is 12.5 Å². The second kappa shape index (κ2) is 8.49. The molecule has 1 aromatic rings. The van der Waals surface area contributed by atoms with Crippen molar-refractivity contribution in [3.05, 3.63) is 35.9 Å². The van der Waals surface area contributed by atoms with E-state index in [1.54, 1.807) is 0 Å². The summed E-state index contributed by atoms with van der Waals surface area (Å²) in [6, 6.07) is 10.6. The number of rotatable bonds is 6. The van der Waals surface area contributed by atoms with Crippen LogP contribution in [0, 0.1) is 11.3 Å². The molecule has 1 fully saturated rings. The van der Waals surface area contributed by atoms with Gasteiger partial charge in [0.05, 0.1) is 6.54 Å². The largest absolute Gasteiger partial charge is 0.355 e. The lowest BCUT2D eigenvalue weighted by molar-refractivity contribution is -0.120. The van der Waals surface area contributed by atoms with Gasteiger partial charge in [-0.05, 0) is 29.7 Å². The monoisotopic (exact) mass is 316 g/mol. The highest BCUT2D eigenvalue weighted by atomic mass is 16.1. The number of carbonyl (C=O) groups is 1. The maximum atomic E-state index is 12.2. The third-order valence-corrected chi connectivity index (χ3v) is 4.78. The van der Waals surface area contributed by atoms with Crippen LogP contribution in [0.3, 0.4) is 0 Å². The molecule has 1 saturated carbocycles. The Morgan fingerprint density at radius 1 is 1.13 bits per heavy atom. The molecule has 0 spiro atoms. The lowest BCUT2D eigenvalue weighted by Gasteiger charge is -2.32. The van der Waals surface area contributed by atoms with Gasteiger partial charge in [0.15, 0.2) is 0 Å². The van der Waals surface area contributed by atoms with Gasteiger partial charge in [-0.3, -0.25) is 4.79 Å². The first-order valence-electron chi connectivity index (χ1n) is 9.02. The topological polar surface area (TPSA) is 41.1 Å². The third kappa shape index (κ3) is 5.98. The first-order valence-corrected chi connectivity index (χ1v) is 9.02. The zero-order valence-electron chi connectivity index (χ0n) is 14.9. The van der Waals surface area contributed by atoms with Crippen LogP contribution >= 0.6 is 0 Å². The Labute approximate surface area is 141 Å². The van der Waals surface area contributed by atoms with Crippen LogP contribution in [0.5, 0.6) is 0 Å². The molecule has 128 valence electrons. The zero-order valence-corrected chi connectivity index (χ0v) is 14.9. The van der Waals surface area contributed by atoms with Crippen molar-refractivity contribution in [2.24, 2.45) is 11.3 Å². The number of benzene rings is 1. The van der Waals surface area contributed by atoms with E-state index in [2.05, 4.69) is 55.7 Å². The van der Waals surface area contributed by atoms with Gasteiger partial charge in [0.25, 0.3) is 0 Å². The molecule has 0 radical (unpaired) electrons. The number of amides is 1. The maximum absolute atomic E-state index is 12.2. The quantitative estimate of drug-likeness (QED) is 0.831. The van der Waals surface area contributed by atoms with E-state index in [1.165, 1.54) is 37.7 Å². The molecular weight excluding hydrogens is 284 g/mol. The number of hydrogen-bond donors (Lipinski definition) is 2. The fourth-order valence-corrected chi connectivity index (χ4v) is 3.48. The molecule has 0 bridgehead atoms. The predicted octanol–water partition coefficient (Wildman–Crippen LogP) is 4.06. The van der Waals surface area contributed by atoms with Crippen LogP contribution in [0.2, 0.25) is 0 Å². The van der Waals surface area contributed by atoms with E-state index in [9.17, 15) is 4.79 Å². The van der Waals surface area contributed by atoms with Crippen molar-refractivity contribution in [2.75, 3.05) is 13.1 Å². The molecule has 0 saturated heterocycles. The van der Waals surface area contributed by atoms with Gasteiger partial charge in [0.2, 0.25) is 5.91 Å². The summed E-state index contributed by atoms with van der Waals surface area (Å²) in [6.45, 7) is 7.84. The molecule has 2 N–H and O–H groups in total. The minimum atomic E-state index is 0.0605. The SMILES string of the molecule is CC(C)(C)C(NCC(=O)NCC1CCCCC1)c1ccccc1. The molecule has 3 heteroatoms. The first kappa shape index (κ1) is 18.0. The summed E-state index contributed by atoms with van der Waals surface area (Å²) in [5, 5.41) is 6.56. The van der Waals surface area contributed by atoms with Gasteiger partial charge in [-0.2, -0.15) is 0 Å². The number of carbonyl (C=O) groups excluding carboxylic acids is 1. The van der Waals surface area contributed by atoms with Gasteiger partial charge >= 0.3 is 0 Å². The van der Waals surface area contributed by atoms with Gasteiger partial charge in [-0.15, -0.1) is 0 Å². The van der Waals surface area contributed by atoms with Gasteiger partial charge in [0, 0.05) is 12.6 Å². The normalized spacial score (nSPS) is 17.7. The lowest BCUT2D eigenvalue weighted by Crippen LogP contribution is -2.41. The maximum Gasteiger partial charge on any atom is 0.233 e. The summed E-state index contributed by atoms with van der Waals surface area (Å²) in [5.74, 6) is 0.793. The zero-order chi connectivity index (χ0) is 16.7. The molecule has 2 rings (SSSR count). The van der Waals surface area contributed by atoms with Crippen LogP contribution in [0.4, 0.5) is 0 Å². The summed E-state index contributed by atoms with van der Waals surface area (Å²) in [6.07, 6.45) is 6.53. The molecule has 1 atom stereocenters. The van der Waals surface area contributed by atoms with Gasteiger partial charge in [-0.1, -0.05) is 70.4 Å². The van der Waals surface area contributed by atoms with Gasteiger partial charge in [-0.25, -0.2) is 0 Å². The Balaban J connectivity index is 1.82. The van der Waals surface area contributed by atoms with Crippen LogP contribution < -0.4 is 10.6 Å². The minimum Gasteiger partial charge on any atom is -0.355 e. The Bertz CT molecular complexity index is 472. The molecule has 3 nitrogen and oxygen atoms in total. The van der Waals surface area contributed by atoms with Gasteiger partial charge < -0.3 is 10.6 Å². The highest BCUT2D eigenvalue weighted by Crippen LogP contribution is 2.32. The van der Waals surface area contributed by atoms with Crippen molar-refractivity contribution in [1.82, 2.24) is 10.6 Å². The fourth-order valence-electron chi connectivity index (χ4n) is 3.48. The van der Waals surface area contributed by atoms with Crippen LogP contribution in [0.15, 0.2) is 30.3 Å². The van der Waals surface area contributed by atoms with Crippen molar-refractivity contribution in [2.45, 2.75) is 58.9 Å². The standard InChI is InChI=1S/C20H32N2O/c1-20(2,3)19(17-12-8-5-9-13-17)22-15-18(23)21-14-16-10-6-4-7-11-16/h5,8-9,12-13,16,19,22H,4,6-7,10-11,14-15H2,1-3H3,(H,21,23). The highest BCUT2D eigenvalue weighted by Gasteiger charge is 2.26. The smallest absolute Gasteiger partial charge is 0.233 e. The Morgan fingerprint density at radius 2 is 1.78 bits per heavy atom. The van der Waals surface area contributed by atoms with Crippen LogP contribution in [0.1, 0.15) is 64.5 Å². The molecule has 1 aromatic carbocycles. The van der Waals surface area contributed by atoms with Crippen molar-refractivity contribution >= 4 is 5.91 Å². The van der Waals surface area contributed by atoms with Crippen molar-refractivity contribution in [3.63, 3.8) is 0 Å². The van der Waals surface area contributed by atoms with E-state index in [4.69, 9.17) is 0 Å². The molecular formula is C20H32N2O. The van der Waals surface area contributed by atoms with E-state index < -0.39 is 0 Å². The molecule has 1 unspecified atom stereocenters. The third-order valence-electron chi connectivity index (χ3n) is 4.78. The molecule has 1 aliphatic rings. The summed E-state index contributed by atoms with van der Waals surface area (Å²) < 4.78 is 0. The van der Waals surface area contributed by atoms with Crippen LogP contribution in [0.25, 0.3) is 0 Å². The molecule has 0 aromatic heterocycles. The Morgan fingerprint density at radius 3 is 2.39 bits per heavy atom. The highest BCUT2D eigenvalue weighted by molar-refractivity contribution is 5.78. The number of nitrogens with one attached hydrogen (secondary N) is 2. The van der Waals surface area contributed by atoms with Crippen molar-refractivity contribution < 1.29 is 4.79 Å². The molecule has 0 heterocycles. The fraction of sp³-hybridized carbons (Fsp3) is 0.650. The summed E-state index contributed by atoms with van der Waals surface area (Å²) in [5.41, 5.74) is 1.30. The second-order valence-electron chi connectivity index (χ2n) is 7.90. The summed E-state index contributed by atoms with van der Waals surface area (Å²) in [7, 11) is 0. The average molecular weight is 316 g/mol.